The third-order valence-electron chi connectivity index (χ3n) is 2.18. The molecule has 1 aromatic heterocycles. The van der Waals surface area contributed by atoms with Crippen molar-refractivity contribution in [1.82, 2.24) is 10.2 Å². The molecule has 0 fully saturated rings. The average molecular weight is 240 g/mol. The van der Waals surface area contributed by atoms with Crippen LogP contribution >= 0.6 is 0 Å². The van der Waals surface area contributed by atoms with E-state index in [1.165, 1.54) is 6.07 Å². The molecule has 0 saturated heterocycles. The number of alkyl halides is 3. The summed E-state index contributed by atoms with van der Waals surface area (Å²) in [5.41, 5.74) is -0.956. The summed E-state index contributed by atoms with van der Waals surface area (Å²) in [6.45, 7) is 0. The molecule has 3 nitrogen and oxygen atoms in total. The lowest BCUT2D eigenvalue weighted by atomic mass is 10.1. The van der Waals surface area contributed by atoms with E-state index in [1.54, 1.807) is 24.3 Å². The van der Waals surface area contributed by atoms with Crippen molar-refractivity contribution < 1.29 is 13.2 Å². The van der Waals surface area contributed by atoms with Crippen molar-refractivity contribution in [2.75, 3.05) is 0 Å². The van der Waals surface area contributed by atoms with Crippen LogP contribution in [0.1, 0.15) is 5.56 Å². The van der Waals surface area contributed by atoms with Crippen molar-refractivity contribution in [3.63, 3.8) is 0 Å². The number of aromatic nitrogens is 2. The molecular weight excluding hydrogens is 233 g/mol. The van der Waals surface area contributed by atoms with Crippen molar-refractivity contribution in [3.05, 3.63) is 46.2 Å². The van der Waals surface area contributed by atoms with Gasteiger partial charge >= 0.3 is 6.18 Å². The van der Waals surface area contributed by atoms with E-state index in [9.17, 15) is 18.0 Å². The van der Waals surface area contributed by atoms with Crippen LogP contribution in [0, 0.1) is 0 Å². The van der Waals surface area contributed by atoms with Crippen molar-refractivity contribution in [3.8, 4) is 0 Å². The van der Waals surface area contributed by atoms with E-state index in [4.69, 9.17) is 0 Å². The van der Waals surface area contributed by atoms with Gasteiger partial charge in [-0.05, 0) is 12.1 Å². The van der Waals surface area contributed by atoms with Gasteiger partial charge in [-0.15, -0.1) is 10.2 Å². The first-order chi connectivity index (χ1) is 7.96. The van der Waals surface area contributed by atoms with Gasteiger partial charge in [-0.2, -0.15) is 13.2 Å². The van der Waals surface area contributed by atoms with Crippen LogP contribution in [0.25, 0.3) is 10.9 Å². The van der Waals surface area contributed by atoms with E-state index < -0.39 is 23.7 Å². The first-order valence-electron chi connectivity index (χ1n) is 4.78. The SMILES string of the molecule is O=c1nnc2ccccc2cc1CC(F)(F)F. The van der Waals surface area contributed by atoms with Gasteiger partial charge in [-0.3, -0.25) is 4.79 Å². The van der Waals surface area contributed by atoms with E-state index in [2.05, 4.69) is 10.2 Å². The molecule has 0 aliphatic rings. The van der Waals surface area contributed by atoms with Gasteiger partial charge in [0.15, 0.2) is 0 Å². The van der Waals surface area contributed by atoms with E-state index >= 15 is 0 Å². The predicted molar refractivity (Wildman–Crippen MR) is 55.6 cm³/mol. The monoisotopic (exact) mass is 240 g/mol. The van der Waals surface area contributed by atoms with Gasteiger partial charge in [-0.25, -0.2) is 0 Å². The molecule has 88 valence electrons. The molecule has 0 atom stereocenters. The summed E-state index contributed by atoms with van der Waals surface area (Å²) in [6, 6.07) is 7.68. The molecule has 0 aliphatic carbocycles. The van der Waals surface area contributed by atoms with Gasteiger partial charge in [0, 0.05) is 10.9 Å². The Morgan fingerprint density at radius 2 is 1.82 bits per heavy atom. The Balaban J connectivity index is 2.64. The third kappa shape index (κ3) is 2.77. The number of rotatable bonds is 1. The highest BCUT2D eigenvalue weighted by molar-refractivity contribution is 5.77. The predicted octanol–water partition coefficient (Wildman–Crippen LogP) is 2.09. The zero-order valence-electron chi connectivity index (χ0n) is 8.53. The molecule has 0 spiro atoms. The second kappa shape index (κ2) is 4.12. The van der Waals surface area contributed by atoms with Crippen LogP contribution in [0.15, 0.2) is 35.1 Å². The molecule has 2 aromatic rings. The third-order valence-corrected chi connectivity index (χ3v) is 2.18. The van der Waals surface area contributed by atoms with Crippen molar-refractivity contribution in [2.45, 2.75) is 12.6 Å². The number of nitrogens with zero attached hydrogens (tertiary/aromatic N) is 2. The zero-order chi connectivity index (χ0) is 12.5. The zero-order valence-corrected chi connectivity index (χ0v) is 8.53. The Morgan fingerprint density at radius 1 is 1.12 bits per heavy atom. The maximum absolute atomic E-state index is 12.3. The van der Waals surface area contributed by atoms with Gasteiger partial charge in [0.05, 0.1) is 11.9 Å². The van der Waals surface area contributed by atoms with E-state index in [0.29, 0.717) is 10.9 Å². The van der Waals surface area contributed by atoms with Gasteiger partial charge in [0.2, 0.25) is 0 Å². The van der Waals surface area contributed by atoms with Crippen LogP contribution in [0.2, 0.25) is 0 Å². The number of hydrogen-bond acceptors (Lipinski definition) is 3. The first kappa shape index (κ1) is 11.5. The molecule has 6 heteroatoms. The largest absolute Gasteiger partial charge is 0.393 e. The Kier molecular flexibility index (Phi) is 2.79. The van der Waals surface area contributed by atoms with Crippen LogP contribution in [0.5, 0.6) is 0 Å². The van der Waals surface area contributed by atoms with Crippen LogP contribution in [0.3, 0.4) is 0 Å². The lowest BCUT2D eigenvalue weighted by molar-refractivity contribution is -0.127. The topological polar surface area (TPSA) is 42.9 Å². The normalized spacial score (nSPS) is 11.7. The Bertz CT molecular complexity index is 610. The number of benzene rings is 1. The molecule has 1 heterocycles. The minimum atomic E-state index is -4.43. The highest BCUT2D eigenvalue weighted by atomic mass is 19.4. The summed E-state index contributed by atoms with van der Waals surface area (Å²) >= 11 is 0. The van der Waals surface area contributed by atoms with E-state index in [-0.39, 0.29) is 0 Å². The fourth-order valence-corrected chi connectivity index (χ4v) is 1.46. The molecule has 0 bridgehead atoms. The summed E-state index contributed by atoms with van der Waals surface area (Å²) in [6.07, 6.45) is -5.73. The maximum atomic E-state index is 12.3. The lowest BCUT2D eigenvalue weighted by Crippen LogP contribution is -2.19. The second-order valence-corrected chi connectivity index (χ2v) is 3.53. The quantitative estimate of drug-likeness (QED) is 0.766. The number of fused-ring (bicyclic) bond motifs is 1. The average Bonchev–Trinajstić information content (AvgIpc) is 2.38. The highest BCUT2D eigenvalue weighted by Crippen LogP contribution is 2.20. The fraction of sp³-hybridized carbons (Fsp3) is 0.182. The van der Waals surface area contributed by atoms with E-state index in [0.717, 1.165) is 0 Å². The summed E-state index contributed by atoms with van der Waals surface area (Å²) in [4.78, 5) is 11.3. The highest BCUT2D eigenvalue weighted by Gasteiger charge is 2.29. The molecule has 17 heavy (non-hydrogen) atoms. The van der Waals surface area contributed by atoms with Gasteiger partial charge < -0.3 is 0 Å². The molecule has 0 unspecified atom stereocenters. The van der Waals surface area contributed by atoms with Crippen LogP contribution in [-0.2, 0) is 6.42 Å². The van der Waals surface area contributed by atoms with Crippen LogP contribution in [-0.4, -0.2) is 16.4 Å². The standard InChI is InChI=1S/C11H7F3N2O/c12-11(13,14)6-8-5-7-3-1-2-4-9(7)15-16-10(8)17/h1-5H,6H2. The fourth-order valence-electron chi connectivity index (χ4n) is 1.46. The Labute approximate surface area is 93.9 Å². The van der Waals surface area contributed by atoms with E-state index in [1.807, 2.05) is 0 Å². The summed E-state index contributed by atoms with van der Waals surface area (Å²) < 4.78 is 36.8. The van der Waals surface area contributed by atoms with Gasteiger partial charge in [-0.1, -0.05) is 18.2 Å². The number of hydrogen-bond donors (Lipinski definition) is 0. The van der Waals surface area contributed by atoms with Crippen LogP contribution < -0.4 is 5.56 Å². The van der Waals surface area contributed by atoms with Crippen molar-refractivity contribution >= 4 is 10.9 Å². The smallest absolute Gasteiger partial charge is 0.265 e. The maximum Gasteiger partial charge on any atom is 0.393 e. The summed E-state index contributed by atoms with van der Waals surface area (Å²) in [5, 5.41) is 7.31. The summed E-state index contributed by atoms with van der Waals surface area (Å²) in [5.74, 6) is 0. The molecule has 1 aromatic carbocycles. The first-order valence-corrected chi connectivity index (χ1v) is 4.78. The van der Waals surface area contributed by atoms with Crippen molar-refractivity contribution in [1.29, 1.82) is 0 Å². The molecule has 0 aliphatic heterocycles. The van der Waals surface area contributed by atoms with Crippen molar-refractivity contribution in [2.24, 2.45) is 0 Å². The minimum Gasteiger partial charge on any atom is -0.265 e. The van der Waals surface area contributed by atoms with Gasteiger partial charge in [0.1, 0.15) is 0 Å². The minimum absolute atomic E-state index is 0.387. The summed E-state index contributed by atoms with van der Waals surface area (Å²) in [7, 11) is 0. The van der Waals surface area contributed by atoms with Crippen LogP contribution in [0.4, 0.5) is 13.2 Å². The molecule has 0 saturated carbocycles. The Morgan fingerprint density at radius 3 is 2.53 bits per heavy atom. The molecule has 0 N–H and O–H groups in total. The number of halogens is 3. The molecular formula is C11H7F3N2O. The van der Waals surface area contributed by atoms with Gasteiger partial charge in [0.25, 0.3) is 5.56 Å². The second-order valence-electron chi connectivity index (χ2n) is 3.53. The molecule has 0 radical (unpaired) electrons. The Hall–Kier alpha value is -1.98. The molecule has 2 rings (SSSR count). The lowest BCUT2D eigenvalue weighted by Gasteiger charge is -2.02. The molecule has 0 amide bonds.